The molecule has 1 aliphatic rings. The van der Waals surface area contributed by atoms with Crippen LogP contribution in [0.4, 0.5) is 13.2 Å². The second kappa shape index (κ2) is 7.06. The van der Waals surface area contributed by atoms with Gasteiger partial charge in [-0.25, -0.2) is 18.0 Å². The van der Waals surface area contributed by atoms with Gasteiger partial charge >= 0.3 is 5.97 Å². The van der Waals surface area contributed by atoms with Gasteiger partial charge in [-0.05, 0) is 51.2 Å². The first kappa shape index (κ1) is 19.3. The van der Waals surface area contributed by atoms with Gasteiger partial charge in [0.15, 0.2) is 0 Å². The highest BCUT2D eigenvalue weighted by molar-refractivity contribution is 9.08. The van der Waals surface area contributed by atoms with Crippen molar-refractivity contribution in [1.82, 2.24) is 0 Å². The summed E-state index contributed by atoms with van der Waals surface area (Å²) in [4.78, 5) is 12.6. The lowest BCUT2D eigenvalue weighted by molar-refractivity contribution is -0.0382. The minimum Gasteiger partial charge on any atom is -0.456 e. The maximum atomic E-state index is 14.2. The molecule has 1 fully saturated rings. The van der Waals surface area contributed by atoms with Crippen LogP contribution in [0.5, 0.6) is 0 Å². The van der Waals surface area contributed by atoms with E-state index in [0.717, 1.165) is 0 Å². The van der Waals surface area contributed by atoms with Crippen molar-refractivity contribution in [3.8, 4) is 0 Å². The van der Waals surface area contributed by atoms with Crippen LogP contribution in [0.25, 0.3) is 0 Å². The molecule has 0 amide bonds. The molecule has 0 aliphatic heterocycles. The van der Waals surface area contributed by atoms with Gasteiger partial charge in [-0.2, -0.15) is 0 Å². The first-order valence-corrected chi connectivity index (χ1v) is 9.14. The van der Waals surface area contributed by atoms with Crippen LogP contribution in [0.15, 0.2) is 12.1 Å². The van der Waals surface area contributed by atoms with Gasteiger partial charge in [0.1, 0.15) is 11.4 Å². The van der Waals surface area contributed by atoms with Crippen LogP contribution in [-0.2, 0) is 10.1 Å². The predicted molar refractivity (Wildman–Crippen MR) is 90.4 cm³/mol. The molecule has 6 heteroatoms. The Labute approximate surface area is 148 Å². The Kier molecular flexibility index (Phi) is 5.68. The summed E-state index contributed by atoms with van der Waals surface area (Å²) in [6, 6.07) is 2.83. The Hall–Kier alpha value is -1.04. The number of benzene rings is 1. The molecule has 0 heterocycles. The van der Waals surface area contributed by atoms with Crippen LogP contribution in [0, 0.1) is 5.82 Å². The minimum absolute atomic E-state index is 0.157. The van der Waals surface area contributed by atoms with E-state index >= 15 is 0 Å². The third kappa shape index (κ3) is 4.52. The molecule has 1 aliphatic carbocycles. The molecular formula is C18H22BrF3O2. The predicted octanol–water partition coefficient (Wildman–Crippen LogP) is 5.97. The van der Waals surface area contributed by atoms with Gasteiger partial charge in [0.2, 0.25) is 5.92 Å². The van der Waals surface area contributed by atoms with E-state index in [1.807, 2.05) is 0 Å². The van der Waals surface area contributed by atoms with Crippen molar-refractivity contribution >= 4 is 21.9 Å². The summed E-state index contributed by atoms with van der Waals surface area (Å²) < 4.78 is 46.4. The maximum Gasteiger partial charge on any atom is 0.339 e. The van der Waals surface area contributed by atoms with Crippen LogP contribution < -0.4 is 0 Å². The molecule has 0 unspecified atom stereocenters. The zero-order valence-electron chi connectivity index (χ0n) is 14.1. The van der Waals surface area contributed by atoms with Crippen molar-refractivity contribution < 1.29 is 22.7 Å². The molecule has 134 valence electrons. The maximum absolute atomic E-state index is 14.2. The quantitative estimate of drug-likeness (QED) is 0.456. The molecule has 0 bridgehead atoms. The molecule has 2 rings (SSSR count). The van der Waals surface area contributed by atoms with Gasteiger partial charge in [-0.1, -0.05) is 22.0 Å². The summed E-state index contributed by atoms with van der Waals surface area (Å²) >= 11 is 3.22. The summed E-state index contributed by atoms with van der Waals surface area (Å²) in [5.74, 6) is -3.95. The second-order valence-electron chi connectivity index (χ2n) is 7.26. The third-order valence-electron chi connectivity index (χ3n) is 4.18. The first-order valence-electron chi connectivity index (χ1n) is 8.02. The fourth-order valence-electron chi connectivity index (χ4n) is 3.03. The highest BCUT2D eigenvalue weighted by atomic mass is 79.9. The summed E-state index contributed by atoms with van der Waals surface area (Å²) in [7, 11) is 0. The van der Waals surface area contributed by atoms with Crippen LogP contribution in [-0.4, -0.2) is 17.5 Å². The van der Waals surface area contributed by atoms with Crippen molar-refractivity contribution in [1.29, 1.82) is 0 Å². The van der Waals surface area contributed by atoms with Crippen molar-refractivity contribution in [3.05, 3.63) is 34.6 Å². The number of carbonyl (C=O) groups excluding carboxylic acids is 1. The molecule has 0 atom stereocenters. The van der Waals surface area contributed by atoms with E-state index in [4.69, 9.17) is 4.74 Å². The fraction of sp³-hybridized carbons (Fsp3) is 0.611. The lowest BCUT2D eigenvalue weighted by Gasteiger charge is -2.30. The number of carbonyl (C=O) groups is 1. The molecule has 0 radical (unpaired) electrons. The van der Waals surface area contributed by atoms with Gasteiger partial charge < -0.3 is 4.74 Å². The Morgan fingerprint density at radius 2 is 1.88 bits per heavy atom. The molecule has 1 aromatic carbocycles. The smallest absolute Gasteiger partial charge is 0.339 e. The van der Waals surface area contributed by atoms with E-state index in [-0.39, 0.29) is 48.1 Å². The van der Waals surface area contributed by atoms with Crippen LogP contribution in [0.3, 0.4) is 0 Å². The molecule has 0 saturated heterocycles. The molecule has 0 aromatic heterocycles. The monoisotopic (exact) mass is 406 g/mol. The number of esters is 1. The highest BCUT2D eigenvalue weighted by Gasteiger charge is 2.37. The average Bonchev–Trinajstić information content (AvgIpc) is 2.45. The fourth-order valence-corrected chi connectivity index (χ4v) is 3.58. The Morgan fingerprint density at radius 1 is 1.29 bits per heavy atom. The second-order valence-corrected chi connectivity index (χ2v) is 7.82. The van der Waals surface area contributed by atoms with E-state index in [0.29, 0.717) is 5.56 Å². The van der Waals surface area contributed by atoms with Gasteiger partial charge in [-0.3, -0.25) is 0 Å². The third-order valence-corrected chi connectivity index (χ3v) is 4.74. The van der Waals surface area contributed by atoms with E-state index in [1.54, 1.807) is 20.8 Å². The summed E-state index contributed by atoms with van der Waals surface area (Å²) in [5.41, 5.74) is 0.288. The van der Waals surface area contributed by atoms with Gasteiger partial charge in [0.25, 0.3) is 0 Å². The molecule has 1 saturated carbocycles. The molecule has 24 heavy (non-hydrogen) atoms. The van der Waals surface area contributed by atoms with Crippen LogP contribution in [0.1, 0.15) is 73.9 Å². The SMILES string of the molecule is CC(C)(C)OC(=O)c1c(C2CCC(F)(F)CC2)ccc(F)c1CBr. The summed E-state index contributed by atoms with van der Waals surface area (Å²) in [6.45, 7) is 5.20. The largest absolute Gasteiger partial charge is 0.456 e. The Bertz CT molecular complexity index is 613. The molecule has 2 nitrogen and oxygen atoms in total. The lowest BCUT2D eigenvalue weighted by atomic mass is 9.79. The Balaban J connectivity index is 2.43. The van der Waals surface area contributed by atoms with Gasteiger partial charge in [0.05, 0.1) is 5.56 Å². The molecule has 0 spiro atoms. The number of ether oxygens (including phenoxy) is 1. The van der Waals surface area contributed by atoms with E-state index in [2.05, 4.69) is 15.9 Å². The molecule has 0 N–H and O–H groups in total. The summed E-state index contributed by atoms with van der Waals surface area (Å²) in [5, 5.41) is 0.157. The number of halogens is 4. The number of hydrogen-bond acceptors (Lipinski definition) is 2. The van der Waals surface area contributed by atoms with Crippen molar-refractivity contribution in [2.45, 2.75) is 69.2 Å². The van der Waals surface area contributed by atoms with Gasteiger partial charge in [-0.15, -0.1) is 0 Å². The number of rotatable bonds is 3. The highest BCUT2D eigenvalue weighted by Crippen LogP contribution is 2.43. The molecule has 1 aromatic rings. The zero-order chi connectivity index (χ0) is 18.1. The van der Waals surface area contributed by atoms with Crippen molar-refractivity contribution in [2.24, 2.45) is 0 Å². The topological polar surface area (TPSA) is 26.3 Å². The first-order chi connectivity index (χ1) is 11.0. The van der Waals surface area contributed by atoms with Crippen molar-refractivity contribution in [2.75, 3.05) is 0 Å². The average molecular weight is 407 g/mol. The van der Waals surface area contributed by atoms with E-state index < -0.39 is 23.3 Å². The summed E-state index contributed by atoms with van der Waals surface area (Å²) in [6.07, 6.45) is 0.116. The minimum atomic E-state index is -2.65. The Morgan fingerprint density at radius 3 is 2.38 bits per heavy atom. The zero-order valence-corrected chi connectivity index (χ0v) is 15.7. The molecular weight excluding hydrogens is 385 g/mol. The number of alkyl halides is 3. The van der Waals surface area contributed by atoms with Crippen LogP contribution in [0.2, 0.25) is 0 Å². The lowest BCUT2D eigenvalue weighted by Crippen LogP contribution is -2.28. The van der Waals surface area contributed by atoms with E-state index in [9.17, 15) is 18.0 Å². The number of hydrogen-bond donors (Lipinski definition) is 0. The normalized spacial score (nSPS) is 18.5. The van der Waals surface area contributed by atoms with Crippen LogP contribution >= 0.6 is 15.9 Å². The standard InChI is InChI=1S/C18H22BrF3O2/c1-17(2,3)24-16(23)15-12(4-5-14(20)13(15)10-19)11-6-8-18(21,22)9-7-11/h4-5,11H,6-10H2,1-3H3. The van der Waals surface area contributed by atoms with Gasteiger partial charge in [0, 0.05) is 23.7 Å². The van der Waals surface area contributed by atoms with E-state index in [1.165, 1.54) is 12.1 Å². The van der Waals surface area contributed by atoms with Crippen molar-refractivity contribution in [3.63, 3.8) is 0 Å².